The Hall–Kier alpha value is -1.41. The Morgan fingerprint density at radius 3 is 2.76 bits per heavy atom. The number of thiocarbonyl (C=S) groups is 1. The van der Waals surface area contributed by atoms with E-state index in [4.69, 9.17) is 17.0 Å². The number of nitrogens with one attached hydrogen (secondary N) is 2. The van der Waals surface area contributed by atoms with Crippen LogP contribution >= 0.6 is 34.8 Å². The molecule has 0 aromatic heterocycles. The molecule has 6 heteroatoms. The zero-order chi connectivity index (χ0) is 15.4. The molecule has 1 aromatic rings. The van der Waals surface area contributed by atoms with Crippen molar-refractivity contribution in [2.24, 2.45) is 0 Å². The molecule has 0 radical (unpaired) electrons. The molecule has 0 fully saturated rings. The monoisotopic (exact) mass is 414 g/mol. The van der Waals surface area contributed by atoms with Gasteiger partial charge in [-0.05, 0) is 59.4 Å². The van der Waals surface area contributed by atoms with Crippen LogP contribution in [0, 0.1) is 3.57 Å². The number of hydrogen-bond donors (Lipinski definition) is 2. The lowest BCUT2D eigenvalue weighted by molar-refractivity contribution is -0.138. The molecule has 21 heavy (non-hydrogen) atoms. The number of ether oxygens (including phenoxy) is 1. The fourth-order valence-electron chi connectivity index (χ4n) is 2.08. The minimum Gasteiger partial charge on any atom is -0.458 e. The van der Waals surface area contributed by atoms with Crippen LogP contribution in [0.15, 0.2) is 48.2 Å². The van der Waals surface area contributed by atoms with Gasteiger partial charge in [-0.25, -0.2) is 4.79 Å². The number of hydrogen-bond acceptors (Lipinski definition) is 3. The first-order valence-corrected chi connectivity index (χ1v) is 7.83. The van der Waals surface area contributed by atoms with Gasteiger partial charge in [-0.3, -0.25) is 0 Å². The zero-order valence-electron chi connectivity index (χ0n) is 11.5. The summed E-state index contributed by atoms with van der Waals surface area (Å²) in [6.07, 6.45) is 1.54. The molecule has 0 saturated carbocycles. The molecule has 110 valence electrons. The van der Waals surface area contributed by atoms with Gasteiger partial charge in [-0.2, -0.15) is 0 Å². The van der Waals surface area contributed by atoms with Crippen LogP contribution in [-0.4, -0.2) is 17.7 Å². The highest BCUT2D eigenvalue weighted by molar-refractivity contribution is 14.1. The quantitative estimate of drug-likeness (QED) is 0.344. The lowest BCUT2D eigenvalue weighted by Crippen LogP contribution is -2.45. The van der Waals surface area contributed by atoms with Gasteiger partial charge >= 0.3 is 5.97 Å². The van der Waals surface area contributed by atoms with Crippen LogP contribution in [0.2, 0.25) is 0 Å². The first-order chi connectivity index (χ1) is 10.0. The Kier molecular flexibility index (Phi) is 5.35. The SMILES string of the molecule is C=CCOC(=O)C1=C(C)NC(=S)N[C@@H]1c1ccc(I)cc1. The molecular formula is C15H15IN2O2S. The third kappa shape index (κ3) is 3.82. The fraction of sp³-hybridized carbons (Fsp3) is 0.200. The first kappa shape index (κ1) is 16.0. The lowest BCUT2D eigenvalue weighted by atomic mass is 9.96. The molecule has 1 aliphatic heterocycles. The predicted molar refractivity (Wildman–Crippen MR) is 94.6 cm³/mol. The van der Waals surface area contributed by atoms with Crippen LogP contribution in [-0.2, 0) is 9.53 Å². The van der Waals surface area contributed by atoms with Gasteiger partial charge in [0.2, 0.25) is 0 Å². The summed E-state index contributed by atoms with van der Waals surface area (Å²) in [5.74, 6) is -0.376. The van der Waals surface area contributed by atoms with E-state index >= 15 is 0 Å². The number of benzene rings is 1. The first-order valence-electron chi connectivity index (χ1n) is 6.34. The molecule has 4 nitrogen and oxygen atoms in total. The van der Waals surface area contributed by atoms with Crippen LogP contribution in [0.3, 0.4) is 0 Å². The van der Waals surface area contributed by atoms with Crippen LogP contribution in [0.4, 0.5) is 0 Å². The highest BCUT2D eigenvalue weighted by atomic mass is 127. The highest BCUT2D eigenvalue weighted by Gasteiger charge is 2.30. The minimum absolute atomic E-state index is 0.180. The molecule has 0 aliphatic carbocycles. The Labute approximate surface area is 142 Å². The molecule has 1 heterocycles. The van der Waals surface area contributed by atoms with Crippen molar-refractivity contribution in [3.8, 4) is 0 Å². The van der Waals surface area contributed by atoms with E-state index in [0.717, 1.165) is 9.13 Å². The second-order valence-corrected chi connectivity index (χ2v) is 6.16. The van der Waals surface area contributed by atoms with Crippen molar-refractivity contribution in [2.75, 3.05) is 6.61 Å². The third-order valence-electron chi connectivity index (χ3n) is 3.02. The maximum atomic E-state index is 12.3. The number of rotatable bonds is 4. The summed E-state index contributed by atoms with van der Waals surface area (Å²) in [6.45, 7) is 5.55. The van der Waals surface area contributed by atoms with Crippen molar-refractivity contribution in [3.63, 3.8) is 0 Å². The van der Waals surface area contributed by atoms with E-state index in [9.17, 15) is 4.79 Å². The van der Waals surface area contributed by atoms with Crippen LogP contribution in [0.25, 0.3) is 0 Å². The summed E-state index contributed by atoms with van der Waals surface area (Å²) < 4.78 is 6.30. The topological polar surface area (TPSA) is 50.4 Å². The smallest absolute Gasteiger partial charge is 0.338 e. The zero-order valence-corrected chi connectivity index (χ0v) is 14.5. The van der Waals surface area contributed by atoms with Gasteiger partial charge in [0.25, 0.3) is 0 Å². The summed E-state index contributed by atoms with van der Waals surface area (Å²) in [6, 6.07) is 7.62. The second kappa shape index (κ2) is 7.04. The standard InChI is InChI=1S/C15H15IN2O2S/c1-3-8-20-14(19)12-9(2)17-15(21)18-13(12)10-4-6-11(16)7-5-10/h3-7,13H,1,8H2,2H3,(H2,17,18,21)/t13-/m1/s1. The lowest BCUT2D eigenvalue weighted by Gasteiger charge is -2.29. The number of esters is 1. The van der Waals surface area contributed by atoms with Gasteiger partial charge < -0.3 is 15.4 Å². The Bertz CT molecular complexity index is 611. The molecule has 0 spiro atoms. The van der Waals surface area contributed by atoms with E-state index in [2.05, 4.69) is 39.8 Å². The summed E-state index contributed by atoms with van der Waals surface area (Å²) in [4.78, 5) is 12.3. The maximum Gasteiger partial charge on any atom is 0.338 e. The largest absolute Gasteiger partial charge is 0.458 e. The predicted octanol–water partition coefficient (Wildman–Crippen LogP) is 2.81. The Morgan fingerprint density at radius 2 is 2.14 bits per heavy atom. The highest BCUT2D eigenvalue weighted by Crippen LogP contribution is 2.28. The van der Waals surface area contributed by atoms with E-state index in [1.807, 2.05) is 31.2 Å². The minimum atomic E-state index is -0.376. The molecule has 1 aliphatic rings. The molecule has 0 bridgehead atoms. The van der Waals surface area contributed by atoms with Crippen molar-refractivity contribution < 1.29 is 9.53 Å². The van der Waals surface area contributed by atoms with Gasteiger partial charge in [0.05, 0.1) is 11.6 Å². The molecule has 2 rings (SSSR count). The van der Waals surface area contributed by atoms with Gasteiger partial charge in [0.1, 0.15) is 6.61 Å². The molecule has 1 aromatic carbocycles. The molecule has 1 atom stereocenters. The normalized spacial score (nSPS) is 17.8. The molecular weight excluding hydrogens is 399 g/mol. The maximum absolute atomic E-state index is 12.3. The number of halogens is 1. The summed E-state index contributed by atoms with van der Waals surface area (Å²) >= 11 is 7.43. The number of allylic oxidation sites excluding steroid dienone is 1. The van der Waals surface area contributed by atoms with Crippen LogP contribution < -0.4 is 10.6 Å². The Morgan fingerprint density at radius 1 is 1.48 bits per heavy atom. The summed E-state index contributed by atoms with van der Waals surface area (Å²) in [7, 11) is 0. The van der Waals surface area contributed by atoms with Gasteiger partial charge in [0, 0.05) is 9.27 Å². The van der Waals surface area contributed by atoms with Crippen molar-refractivity contribution >= 4 is 45.9 Å². The number of carbonyl (C=O) groups excluding carboxylic acids is 1. The Balaban J connectivity index is 2.37. The molecule has 0 unspecified atom stereocenters. The third-order valence-corrected chi connectivity index (χ3v) is 3.96. The van der Waals surface area contributed by atoms with Gasteiger partial charge in [-0.1, -0.05) is 24.8 Å². The molecule has 2 N–H and O–H groups in total. The van der Waals surface area contributed by atoms with Crippen molar-refractivity contribution in [2.45, 2.75) is 13.0 Å². The van der Waals surface area contributed by atoms with Crippen molar-refractivity contribution in [1.82, 2.24) is 10.6 Å². The van der Waals surface area contributed by atoms with E-state index in [0.29, 0.717) is 16.4 Å². The van der Waals surface area contributed by atoms with Crippen LogP contribution in [0.5, 0.6) is 0 Å². The van der Waals surface area contributed by atoms with Crippen molar-refractivity contribution in [1.29, 1.82) is 0 Å². The van der Waals surface area contributed by atoms with Gasteiger partial charge in [0.15, 0.2) is 5.11 Å². The second-order valence-electron chi connectivity index (χ2n) is 4.51. The molecule has 0 amide bonds. The fourth-order valence-corrected chi connectivity index (χ4v) is 2.71. The average molecular weight is 414 g/mol. The summed E-state index contributed by atoms with van der Waals surface area (Å²) in [5, 5.41) is 6.59. The van der Waals surface area contributed by atoms with E-state index in [1.54, 1.807) is 6.08 Å². The summed E-state index contributed by atoms with van der Waals surface area (Å²) in [5.41, 5.74) is 2.20. The van der Waals surface area contributed by atoms with Crippen molar-refractivity contribution in [3.05, 3.63) is 57.3 Å². The van der Waals surface area contributed by atoms with E-state index < -0.39 is 0 Å². The molecule has 0 saturated heterocycles. The average Bonchev–Trinajstić information content (AvgIpc) is 2.44. The number of carbonyl (C=O) groups is 1. The van der Waals surface area contributed by atoms with E-state index in [1.165, 1.54) is 0 Å². The van der Waals surface area contributed by atoms with Crippen LogP contribution in [0.1, 0.15) is 18.5 Å². The van der Waals surface area contributed by atoms with Gasteiger partial charge in [-0.15, -0.1) is 0 Å². The van der Waals surface area contributed by atoms with E-state index in [-0.39, 0.29) is 18.6 Å².